The Kier molecular flexibility index (Phi) is 6.39. The van der Waals surface area contributed by atoms with Gasteiger partial charge in [0.2, 0.25) is 5.91 Å². The molecular weight excluding hydrogens is 372 g/mol. The zero-order valence-electron chi connectivity index (χ0n) is 15.4. The maximum absolute atomic E-state index is 13.1. The topological polar surface area (TPSA) is 76.9 Å². The molecule has 1 aromatic heterocycles. The minimum Gasteiger partial charge on any atom is -0.325 e. The average molecular weight is 392 g/mol. The van der Waals surface area contributed by atoms with Crippen molar-refractivity contribution in [2.75, 3.05) is 5.32 Å². The lowest BCUT2D eigenvalue weighted by Crippen LogP contribution is -2.19. The molecule has 0 saturated heterocycles. The van der Waals surface area contributed by atoms with Crippen LogP contribution in [0.25, 0.3) is 0 Å². The summed E-state index contributed by atoms with van der Waals surface area (Å²) < 4.78 is 1.83. The first-order valence-electron chi connectivity index (χ1n) is 8.70. The molecule has 142 valence electrons. The van der Waals surface area contributed by atoms with Gasteiger partial charge in [0.05, 0.1) is 0 Å². The molecule has 1 amide bonds. The monoisotopic (exact) mass is 392 g/mol. The summed E-state index contributed by atoms with van der Waals surface area (Å²) in [6.45, 7) is 5.79. The molecule has 0 radical (unpaired) electrons. The molecule has 3 aromatic rings. The van der Waals surface area contributed by atoms with Crippen LogP contribution in [0.5, 0.6) is 0 Å². The van der Waals surface area contributed by atoms with Gasteiger partial charge >= 0.3 is 0 Å². The number of ketones is 1. The number of carbonyl (C=O) groups excluding carboxylic acids is 2. The second-order valence-electron chi connectivity index (χ2n) is 6.09. The standard InChI is InChI=1S/C21H20N4O2S/c1-3-12-25-14-22-24-21(25)28-19(16-8-5-4-6-9-16)20(27)23-18-11-7-10-17(13-18)15(2)26/h3-11,13-14,19H,1,12H2,2H3,(H,23,27). The van der Waals surface area contributed by atoms with E-state index in [1.807, 2.05) is 34.9 Å². The van der Waals surface area contributed by atoms with Crippen LogP contribution in [-0.2, 0) is 11.3 Å². The lowest BCUT2D eigenvalue weighted by atomic mass is 10.1. The van der Waals surface area contributed by atoms with E-state index in [4.69, 9.17) is 0 Å². The maximum atomic E-state index is 13.1. The number of hydrogen-bond acceptors (Lipinski definition) is 5. The van der Waals surface area contributed by atoms with Gasteiger partial charge in [0.1, 0.15) is 11.6 Å². The molecule has 0 aliphatic rings. The highest BCUT2D eigenvalue weighted by Crippen LogP contribution is 2.35. The van der Waals surface area contributed by atoms with E-state index in [9.17, 15) is 9.59 Å². The number of anilines is 1. The van der Waals surface area contributed by atoms with Gasteiger partial charge in [-0.15, -0.1) is 16.8 Å². The van der Waals surface area contributed by atoms with E-state index in [-0.39, 0.29) is 11.7 Å². The third kappa shape index (κ3) is 4.75. The molecule has 0 fully saturated rings. The first-order chi connectivity index (χ1) is 13.6. The molecule has 1 unspecified atom stereocenters. The van der Waals surface area contributed by atoms with Crippen molar-refractivity contribution in [2.24, 2.45) is 0 Å². The molecule has 0 saturated carbocycles. The van der Waals surface area contributed by atoms with Crippen molar-refractivity contribution in [1.29, 1.82) is 0 Å². The van der Waals surface area contributed by atoms with Crippen LogP contribution in [-0.4, -0.2) is 26.5 Å². The first-order valence-corrected chi connectivity index (χ1v) is 9.58. The van der Waals surface area contributed by atoms with Crippen molar-refractivity contribution in [2.45, 2.75) is 23.9 Å². The van der Waals surface area contributed by atoms with Crippen molar-refractivity contribution >= 4 is 29.1 Å². The zero-order valence-corrected chi connectivity index (χ0v) is 16.2. The van der Waals surface area contributed by atoms with Gasteiger partial charge in [0.15, 0.2) is 10.9 Å². The van der Waals surface area contributed by atoms with Crippen molar-refractivity contribution in [3.05, 3.63) is 84.7 Å². The predicted octanol–water partition coefficient (Wildman–Crippen LogP) is 4.14. The van der Waals surface area contributed by atoms with E-state index < -0.39 is 5.25 Å². The van der Waals surface area contributed by atoms with Crippen molar-refractivity contribution in [3.8, 4) is 0 Å². The summed E-state index contributed by atoms with van der Waals surface area (Å²) in [5, 5.41) is 11.1. The summed E-state index contributed by atoms with van der Waals surface area (Å²) in [5.74, 6) is -0.257. The van der Waals surface area contributed by atoms with Crippen LogP contribution in [0.3, 0.4) is 0 Å². The number of thioether (sulfide) groups is 1. The summed E-state index contributed by atoms with van der Waals surface area (Å²) in [6.07, 6.45) is 3.36. The van der Waals surface area contributed by atoms with Crippen molar-refractivity contribution < 1.29 is 9.59 Å². The van der Waals surface area contributed by atoms with Gasteiger partial charge in [-0.05, 0) is 24.6 Å². The molecule has 1 N–H and O–H groups in total. The summed E-state index contributed by atoms with van der Waals surface area (Å²) >= 11 is 1.32. The molecule has 28 heavy (non-hydrogen) atoms. The molecule has 1 heterocycles. The molecule has 6 nitrogen and oxygen atoms in total. The first kappa shape index (κ1) is 19.6. The van der Waals surface area contributed by atoms with Gasteiger partial charge in [-0.2, -0.15) is 0 Å². The number of benzene rings is 2. The van der Waals surface area contributed by atoms with Crippen LogP contribution in [0.2, 0.25) is 0 Å². The number of nitrogens with zero attached hydrogens (tertiary/aromatic N) is 3. The molecular formula is C21H20N4O2S. The van der Waals surface area contributed by atoms with Crippen LogP contribution >= 0.6 is 11.8 Å². The number of carbonyl (C=O) groups is 2. The number of amides is 1. The molecule has 0 bridgehead atoms. The summed E-state index contributed by atoms with van der Waals surface area (Å²) in [7, 11) is 0. The van der Waals surface area contributed by atoms with Crippen molar-refractivity contribution in [1.82, 2.24) is 14.8 Å². The van der Waals surface area contributed by atoms with Gasteiger partial charge < -0.3 is 9.88 Å². The van der Waals surface area contributed by atoms with Crippen molar-refractivity contribution in [3.63, 3.8) is 0 Å². The number of hydrogen-bond donors (Lipinski definition) is 1. The van der Waals surface area contributed by atoms with E-state index in [0.717, 1.165) is 5.56 Å². The highest BCUT2D eigenvalue weighted by Gasteiger charge is 2.24. The second kappa shape index (κ2) is 9.14. The molecule has 3 rings (SSSR count). The Bertz CT molecular complexity index is 985. The van der Waals surface area contributed by atoms with Gasteiger partial charge in [0, 0.05) is 17.8 Å². The molecule has 0 aliphatic carbocycles. The van der Waals surface area contributed by atoms with Crippen LogP contribution in [0.15, 0.2) is 78.7 Å². The highest BCUT2D eigenvalue weighted by molar-refractivity contribution is 8.00. The second-order valence-corrected chi connectivity index (χ2v) is 7.16. The lowest BCUT2D eigenvalue weighted by molar-refractivity contribution is -0.115. The van der Waals surface area contributed by atoms with Gasteiger partial charge in [-0.25, -0.2) is 0 Å². The molecule has 2 aromatic carbocycles. The SMILES string of the molecule is C=CCn1cnnc1SC(C(=O)Nc1cccc(C(C)=O)c1)c1ccccc1. The quantitative estimate of drug-likeness (QED) is 0.354. The Morgan fingerprint density at radius 1 is 1.21 bits per heavy atom. The highest BCUT2D eigenvalue weighted by atomic mass is 32.2. The van der Waals surface area contributed by atoms with E-state index in [2.05, 4.69) is 22.1 Å². The zero-order chi connectivity index (χ0) is 19.9. The van der Waals surface area contributed by atoms with E-state index >= 15 is 0 Å². The number of rotatable bonds is 8. The van der Waals surface area contributed by atoms with Crippen LogP contribution in [0.1, 0.15) is 28.1 Å². The minimum absolute atomic E-state index is 0.0531. The van der Waals surface area contributed by atoms with Crippen LogP contribution in [0, 0.1) is 0 Å². The number of nitrogens with one attached hydrogen (secondary N) is 1. The molecule has 1 atom stereocenters. The Hall–Kier alpha value is -3.19. The summed E-state index contributed by atoms with van der Waals surface area (Å²) in [6, 6.07) is 16.4. The predicted molar refractivity (Wildman–Crippen MR) is 110 cm³/mol. The normalized spacial score (nSPS) is 11.6. The van der Waals surface area contributed by atoms with Gasteiger partial charge in [0.25, 0.3) is 0 Å². The fourth-order valence-corrected chi connectivity index (χ4v) is 3.65. The lowest BCUT2D eigenvalue weighted by Gasteiger charge is -2.17. The van der Waals surface area contributed by atoms with Gasteiger partial charge in [-0.3, -0.25) is 9.59 Å². The van der Waals surface area contributed by atoms with E-state index in [1.54, 1.807) is 36.7 Å². The van der Waals surface area contributed by atoms with E-state index in [1.165, 1.54) is 18.7 Å². The Morgan fingerprint density at radius 2 is 2.00 bits per heavy atom. The summed E-state index contributed by atoms with van der Waals surface area (Å²) in [4.78, 5) is 24.7. The third-order valence-electron chi connectivity index (χ3n) is 4.01. The number of aromatic nitrogens is 3. The fourth-order valence-electron chi connectivity index (χ4n) is 2.63. The number of allylic oxidation sites excluding steroid dienone is 1. The van der Waals surface area contributed by atoms with E-state index in [0.29, 0.717) is 23.0 Å². The van der Waals surface area contributed by atoms with Crippen LogP contribution < -0.4 is 5.32 Å². The van der Waals surface area contributed by atoms with Gasteiger partial charge in [-0.1, -0.05) is 60.3 Å². The third-order valence-corrected chi connectivity index (χ3v) is 5.26. The smallest absolute Gasteiger partial charge is 0.242 e. The Balaban J connectivity index is 1.87. The Morgan fingerprint density at radius 3 is 2.71 bits per heavy atom. The Labute approximate surface area is 167 Å². The fraction of sp³-hybridized carbons (Fsp3) is 0.143. The minimum atomic E-state index is -0.532. The largest absolute Gasteiger partial charge is 0.325 e. The van der Waals surface area contributed by atoms with Crippen LogP contribution in [0.4, 0.5) is 5.69 Å². The molecule has 0 spiro atoms. The summed E-state index contributed by atoms with van der Waals surface area (Å²) in [5.41, 5.74) is 1.97. The molecule has 0 aliphatic heterocycles. The molecule has 7 heteroatoms. The maximum Gasteiger partial charge on any atom is 0.242 e. The average Bonchev–Trinajstić information content (AvgIpc) is 3.14. The number of Topliss-reactive ketones (excluding diaryl/α,β-unsaturated/α-hetero) is 1.